The van der Waals surface area contributed by atoms with Crippen LogP contribution in [0, 0.1) is 0 Å². The van der Waals surface area contributed by atoms with Crippen LogP contribution in [0.1, 0.15) is 19.4 Å². The van der Waals surface area contributed by atoms with E-state index in [2.05, 4.69) is 13.8 Å². The van der Waals surface area contributed by atoms with Crippen LogP contribution in [-0.2, 0) is 6.54 Å². The van der Waals surface area contributed by atoms with Gasteiger partial charge in [0, 0.05) is 5.39 Å². The lowest BCUT2D eigenvalue weighted by Gasteiger charge is -2.17. The summed E-state index contributed by atoms with van der Waals surface area (Å²) in [6.07, 6.45) is 0. The molecule has 1 heterocycles. The van der Waals surface area contributed by atoms with E-state index in [0.29, 0.717) is 23.3 Å². The quantitative estimate of drug-likeness (QED) is 0.709. The Bertz CT molecular complexity index is 896. The average Bonchev–Trinajstić information content (AvgIpc) is 2.61. The van der Waals surface area contributed by atoms with E-state index < -0.39 is 0 Å². The molecule has 4 heteroatoms. The topological polar surface area (TPSA) is 54.9 Å². The fourth-order valence-corrected chi connectivity index (χ4v) is 2.97. The summed E-state index contributed by atoms with van der Waals surface area (Å²) >= 11 is 0. The van der Waals surface area contributed by atoms with Crippen LogP contribution in [0.5, 0.6) is 5.75 Å². The molecule has 0 aliphatic rings. The van der Waals surface area contributed by atoms with Gasteiger partial charge in [0.25, 0.3) is 0 Å². The van der Waals surface area contributed by atoms with Crippen molar-refractivity contribution in [2.45, 2.75) is 20.4 Å². The number of benzene rings is 2. The molecule has 3 rings (SSSR count). The molecule has 0 aliphatic heterocycles. The summed E-state index contributed by atoms with van der Waals surface area (Å²) in [6, 6.07) is 14.8. The van der Waals surface area contributed by atoms with Crippen LogP contribution in [-0.4, -0.2) is 18.2 Å². The van der Waals surface area contributed by atoms with E-state index in [4.69, 9.17) is 4.42 Å². The standard InChI is InChI=1S/C20H21NO3/c1-3-21(4-2)13-17-18(22)11-10-15-12-16(20(23)24-19(15)17)14-8-6-5-7-9-14/h5-12,22H,3-4,13H2,1-2H3/p+1. The zero-order chi connectivity index (χ0) is 17.1. The molecule has 1 aromatic heterocycles. The van der Waals surface area contributed by atoms with Gasteiger partial charge in [-0.1, -0.05) is 30.3 Å². The van der Waals surface area contributed by atoms with Crippen LogP contribution in [0.4, 0.5) is 0 Å². The molecule has 0 atom stereocenters. The number of nitrogens with one attached hydrogen (secondary N) is 1. The van der Waals surface area contributed by atoms with Gasteiger partial charge in [0.15, 0.2) is 5.58 Å². The molecule has 2 aromatic carbocycles. The van der Waals surface area contributed by atoms with E-state index in [1.165, 1.54) is 4.90 Å². The lowest BCUT2D eigenvalue weighted by atomic mass is 10.0. The highest BCUT2D eigenvalue weighted by molar-refractivity contribution is 5.85. The molecule has 24 heavy (non-hydrogen) atoms. The van der Waals surface area contributed by atoms with Gasteiger partial charge in [0.2, 0.25) is 0 Å². The molecule has 0 saturated heterocycles. The second kappa shape index (κ2) is 6.89. The third-order valence-corrected chi connectivity index (χ3v) is 4.49. The van der Waals surface area contributed by atoms with Crippen LogP contribution in [0.3, 0.4) is 0 Å². The number of hydrogen-bond acceptors (Lipinski definition) is 3. The minimum atomic E-state index is -0.380. The van der Waals surface area contributed by atoms with E-state index in [1.54, 1.807) is 12.1 Å². The summed E-state index contributed by atoms with van der Waals surface area (Å²) in [5, 5.41) is 11.1. The molecule has 0 saturated carbocycles. The first-order valence-electron chi connectivity index (χ1n) is 8.31. The van der Waals surface area contributed by atoms with Crippen molar-refractivity contribution in [1.29, 1.82) is 0 Å². The first kappa shape index (κ1) is 16.3. The molecule has 0 spiro atoms. The highest BCUT2D eigenvalue weighted by atomic mass is 16.4. The fourth-order valence-electron chi connectivity index (χ4n) is 2.97. The molecular formula is C20H22NO3+. The van der Waals surface area contributed by atoms with E-state index in [9.17, 15) is 9.90 Å². The summed E-state index contributed by atoms with van der Waals surface area (Å²) in [5.41, 5.74) is 2.17. The second-order valence-electron chi connectivity index (χ2n) is 5.93. The molecule has 0 aliphatic carbocycles. The molecule has 4 nitrogen and oxygen atoms in total. The monoisotopic (exact) mass is 324 g/mol. The number of hydrogen-bond donors (Lipinski definition) is 2. The van der Waals surface area contributed by atoms with Crippen molar-refractivity contribution < 1.29 is 14.4 Å². The van der Waals surface area contributed by atoms with E-state index in [0.717, 1.165) is 24.0 Å². The minimum Gasteiger partial charge on any atom is -0.507 e. The van der Waals surface area contributed by atoms with Gasteiger partial charge in [-0.05, 0) is 37.6 Å². The number of phenols is 1. The van der Waals surface area contributed by atoms with Gasteiger partial charge in [0.1, 0.15) is 12.3 Å². The Morgan fingerprint density at radius 2 is 1.75 bits per heavy atom. The Morgan fingerprint density at radius 1 is 1.04 bits per heavy atom. The Kier molecular flexibility index (Phi) is 4.67. The van der Waals surface area contributed by atoms with Crippen molar-refractivity contribution in [2.75, 3.05) is 13.1 Å². The van der Waals surface area contributed by atoms with Crippen LogP contribution in [0.25, 0.3) is 22.1 Å². The van der Waals surface area contributed by atoms with Crippen molar-refractivity contribution in [3.05, 3.63) is 64.5 Å². The van der Waals surface area contributed by atoms with Crippen molar-refractivity contribution >= 4 is 11.0 Å². The molecule has 0 amide bonds. The Hall–Kier alpha value is -2.59. The van der Waals surface area contributed by atoms with Gasteiger partial charge < -0.3 is 14.4 Å². The number of rotatable bonds is 5. The van der Waals surface area contributed by atoms with Gasteiger partial charge in [-0.2, -0.15) is 0 Å². The highest BCUT2D eigenvalue weighted by Gasteiger charge is 2.17. The molecule has 0 unspecified atom stereocenters. The average molecular weight is 324 g/mol. The normalized spacial score (nSPS) is 11.3. The molecule has 0 fully saturated rings. The zero-order valence-corrected chi connectivity index (χ0v) is 14.0. The smallest absolute Gasteiger partial charge is 0.344 e. The number of aromatic hydroxyl groups is 1. The number of fused-ring (bicyclic) bond motifs is 1. The van der Waals surface area contributed by atoms with Crippen LogP contribution in [0.2, 0.25) is 0 Å². The maximum absolute atomic E-state index is 12.5. The lowest BCUT2D eigenvalue weighted by Crippen LogP contribution is -3.10. The van der Waals surface area contributed by atoms with Crippen molar-refractivity contribution in [3.8, 4) is 16.9 Å². The van der Waals surface area contributed by atoms with Gasteiger partial charge >= 0.3 is 5.63 Å². The molecule has 2 N–H and O–H groups in total. The summed E-state index contributed by atoms with van der Waals surface area (Å²) in [6.45, 7) is 6.72. The SMILES string of the molecule is CC[NH+](CC)Cc1c(O)ccc2cc(-c3ccccc3)c(=O)oc12. The summed E-state index contributed by atoms with van der Waals surface area (Å²) in [5.74, 6) is 0.178. The van der Waals surface area contributed by atoms with Crippen molar-refractivity contribution in [1.82, 2.24) is 0 Å². The Morgan fingerprint density at radius 3 is 2.42 bits per heavy atom. The van der Waals surface area contributed by atoms with Crippen LogP contribution in [0.15, 0.2) is 57.7 Å². The zero-order valence-electron chi connectivity index (χ0n) is 14.0. The van der Waals surface area contributed by atoms with Gasteiger partial charge in [-0.3, -0.25) is 0 Å². The highest BCUT2D eigenvalue weighted by Crippen LogP contribution is 2.28. The van der Waals surface area contributed by atoms with Crippen molar-refractivity contribution in [3.63, 3.8) is 0 Å². The van der Waals surface area contributed by atoms with Crippen LogP contribution >= 0.6 is 0 Å². The maximum atomic E-state index is 12.5. The molecule has 0 radical (unpaired) electrons. The van der Waals surface area contributed by atoms with Gasteiger partial charge in [-0.15, -0.1) is 0 Å². The van der Waals surface area contributed by atoms with E-state index in [1.807, 2.05) is 36.4 Å². The van der Waals surface area contributed by atoms with E-state index >= 15 is 0 Å². The Balaban J connectivity index is 2.16. The predicted octanol–water partition coefficient (Wildman–Crippen LogP) is 2.59. The van der Waals surface area contributed by atoms with Crippen LogP contribution < -0.4 is 10.5 Å². The summed E-state index contributed by atoms with van der Waals surface area (Å²) in [7, 11) is 0. The fraction of sp³-hybridized carbons (Fsp3) is 0.250. The first-order valence-corrected chi connectivity index (χ1v) is 8.31. The molecular weight excluding hydrogens is 302 g/mol. The number of quaternary nitrogens is 1. The largest absolute Gasteiger partial charge is 0.507 e. The number of phenolic OH excluding ortho intramolecular Hbond substituents is 1. The van der Waals surface area contributed by atoms with E-state index in [-0.39, 0.29) is 11.4 Å². The first-order chi connectivity index (χ1) is 11.6. The van der Waals surface area contributed by atoms with Gasteiger partial charge in [-0.25, -0.2) is 4.79 Å². The maximum Gasteiger partial charge on any atom is 0.344 e. The minimum absolute atomic E-state index is 0.178. The summed E-state index contributed by atoms with van der Waals surface area (Å²) in [4.78, 5) is 13.8. The third-order valence-electron chi connectivity index (χ3n) is 4.49. The lowest BCUT2D eigenvalue weighted by molar-refractivity contribution is -0.910. The Labute approximate surface area is 141 Å². The molecule has 3 aromatic rings. The summed E-state index contributed by atoms with van der Waals surface area (Å²) < 4.78 is 5.62. The molecule has 0 bridgehead atoms. The van der Waals surface area contributed by atoms with Gasteiger partial charge in [0.05, 0.1) is 24.2 Å². The third kappa shape index (κ3) is 3.05. The molecule has 124 valence electrons. The predicted molar refractivity (Wildman–Crippen MR) is 95.3 cm³/mol. The second-order valence-corrected chi connectivity index (χ2v) is 5.93. The van der Waals surface area contributed by atoms with Crippen molar-refractivity contribution in [2.24, 2.45) is 0 Å².